The van der Waals surface area contributed by atoms with Gasteiger partial charge in [0.05, 0.1) is 18.1 Å². The Hall–Kier alpha value is -1.53. The van der Waals surface area contributed by atoms with Gasteiger partial charge in [-0.1, -0.05) is 6.42 Å². The minimum absolute atomic E-state index is 0.267. The van der Waals surface area contributed by atoms with Crippen molar-refractivity contribution in [1.29, 1.82) is 0 Å². The summed E-state index contributed by atoms with van der Waals surface area (Å²) in [5.74, 6) is 0.170. The van der Waals surface area contributed by atoms with Crippen molar-refractivity contribution in [2.75, 3.05) is 13.2 Å². The second kappa shape index (κ2) is 6.76. The number of halogens is 1. The average Bonchev–Trinajstić information content (AvgIpc) is 2.86. The first kappa shape index (κ1) is 14.9. The molecule has 5 nitrogen and oxygen atoms in total. The molecule has 0 aliphatic heterocycles. The number of nitrogens with zero attached hydrogens (tertiary/aromatic N) is 1. The Morgan fingerprint density at radius 3 is 2.80 bits per heavy atom. The topological polar surface area (TPSA) is 78.4 Å². The molecule has 0 bridgehead atoms. The molecule has 20 heavy (non-hydrogen) atoms. The smallest absolute Gasteiger partial charge is 0.304 e. The standard InChI is InChI=1S/C14H19FN2O3/c15-13-6-10(4-5-14(13)17(18)19)8-20-9-12-3-1-2-11(12)7-16/h4-6,11-12H,1-3,7-9,16H2. The lowest BCUT2D eigenvalue weighted by atomic mass is 9.97. The van der Waals surface area contributed by atoms with E-state index in [0.29, 0.717) is 30.6 Å². The molecule has 2 rings (SSSR count). The number of rotatable bonds is 6. The largest absolute Gasteiger partial charge is 0.376 e. The van der Waals surface area contributed by atoms with Crippen molar-refractivity contribution < 1.29 is 14.1 Å². The molecule has 0 amide bonds. The third kappa shape index (κ3) is 3.52. The predicted octanol–water partition coefficient (Wildman–Crippen LogP) is 2.63. The van der Waals surface area contributed by atoms with Gasteiger partial charge < -0.3 is 10.5 Å². The Balaban J connectivity index is 1.85. The number of hydrogen-bond donors (Lipinski definition) is 1. The van der Waals surface area contributed by atoms with E-state index in [1.165, 1.54) is 18.6 Å². The first-order valence-electron chi connectivity index (χ1n) is 6.82. The first-order chi connectivity index (χ1) is 9.61. The number of ether oxygens (including phenoxy) is 1. The summed E-state index contributed by atoms with van der Waals surface area (Å²) in [6.45, 7) is 1.56. The van der Waals surface area contributed by atoms with Crippen LogP contribution in [0.3, 0.4) is 0 Å². The third-order valence-electron chi connectivity index (χ3n) is 3.93. The molecule has 0 radical (unpaired) electrons. The second-order valence-electron chi connectivity index (χ2n) is 5.24. The van der Waals surface area contributed by atoms with E-state index in [9.17, 15) is 14.5 Å². The lowest BCUT2D eigenvalue weighted by Crippen LogP contribution is -2.22. The summed E-state index contributed by atoms with van der Waals surface area (Å²) in [5, 5.41) is 10.5. The maximum Gasteiger partial charge on any atom is 0.304 e. The molecule has 1 aromatic carbocycles. The fourth-order valence-corrected chi connectivity index (χ4v) is 2.76. The zero-order chi connectivity index (χ0) is 14.5. The van der Waals surface area contributed by atoms with E-state index in [1.54, 1.807) is 0 Å². The normalized spacial score (nSPS) is 22.1. The van der Waals surface area contributed by atoms with Crippen LogP contribution in [0.1, 0.15) is 24.8 Å². The lowest BCUT2D eigenvalue weighted by Gasteiger charge is -2.17. The van der Waals surface area contributed by atoms with Gasteiger partial charge in [-0.2, -0.15) is 4.39 Å². The molecule has 2 atom stereocenters. The van der Waals surface area contributed by atoms with Crippen LogP contribution in [0.2, 0.25) is 0 Å². The summed E-state index contributed by atoms with van der Waals surface area (Å²) in [6.07, 6.45) is 3.45. The Morgan fingerprint density at radius 1 is 1.40 bits per heavy atom. The summed E-state index contributed by atoms with van der Waals surface area (Å²) in [4.78, 5) is 9.78. The van der Waals surface area contributed by atoms with E-state index in [1.807, 2.05) is 0 Å². The predicted molar refractivity (Wildman–Crippen MR) is 72.6 cm³/mol. The van der Waals surface area contributed by atoms with Crippen LogP contribution in [0.15, 0.2) is 18.2 Å². The van der Waals surface area contributed by atoms with Gasteiger partial charge in [0.25, 0.3) is 0 Å². The molecular formula is C14H19FN2O3. The molecule has 1 aromatic rings. The second-order valence-corrected chi connectivity index (χ2v) is 5.24. The molecule has 1 fully saturated rings. The monoisotopic (exact) mass is 282 g/mol. The summed E-state index contributed by atoms with van der Waals surface area (Å²) >= 11 is 0. The zero-order valence-electron chi connectivity index (χ0n) is 11.3. The van der Waals surface area contributed by atoms with Crippen molar-refractivity contribution in [2.24, 2.45) is 17.6 Å². The molecule has 0 aromatic heterocycles. The van der Waals surface area contributed by atoms with Gasteiger partial charge in [-0.05, 0) is 48.9 Å². The van der Waals surface area contributed by atoms with E-state index >= 15 is 0 Å². The fraction of sp³-hybridized carbons (Fsp3) is 0.571. The van der Waals surface area contributed by atoms with Crippen LogP contribution >= 0.6 is 0 Å². The van der Waals surface area contributed by atoms with E-state index < -0.39 is 16.4 Å². The van der Waals surface area contributed by atoms with Crippen LogP contribution < -0.4 is 5.73 Å². The number of hydrogen-bond acceptors (Lipinski definition) is 4. The zero-order valence-corrected chi connectivity index (χ0v) is 11.3. The van der Waals surface area contributed by atoms with Crippen molar-refractivity contribution >= 4 is 5.69 Å². The highest BCUT2D eigenvalue weighted by Crippen LogP contribution is 2.31. The highest BCUT2D eigenvalue weighted by molar-refractivity contribution is 5.34. The van der Waals surface area contributed by atoms with E-state index in [2.05, 4.69) is 0 Å². The van der Waals surface area contributed by atoms with Crippen molar-refractivity contribution in [3.8, 4) is 0 Å². The van der Waals surface area contributed by atoms with Crippen molar-refractivity contribution in [3.05, 3.63) is 39.7 Å². The molecule has 2 unspecified atom stereocenters. The lowest BCUT2D eigenvalue weighted by molar-refractivity contribution is -0.387. The van der Waals surface area contributed by atoms with Gasteiger partial charge in [0, 0.05) is 6.07 Å². The van der Waals surface area contributed by atoms with Crippen molar-refractivity contribution in [3.63, 3.8) is 0 Å². The molecule has 110 valence electrons. The van der Waals surface area contributed by atoms with Gasteiger partial charge in [-0.15, -0.1) is 0 Å². The van der Waals surface area contributed by atoms with Gasteiger partial charge >= 0.3 is 5.69 Å². The van der Waals surface area contributed by atoms with Gasteiger partial charge in [0.1, 0.15) is 0 Å². The highest BCUT2D eigenvalue weighted by Gasteiger charge is 2.26. The summed E-state index contributed by atoms with van der Waals surface area (Å²) in [7, 11) is 0. The molecule has 1 aliphatic carbocycles. The van der Waals surface area contributed by atoms with Gasteiger partial charge in [-0.25, -0.2) is 0 Å². The molecule has 0 saturated heterocycles. The minimum Gasteiger partial charge on any atom is -0.376 e. The van der Waals surface area contributed by atoms with Crippen LogP contribution in [0.5, 0.6) is 0 Å². The van der Waals surface area contributed by atoms with Gasteiger partial charge in [-0.3, -0.25) is 10.1 Å². The van der Waals surface area contributed by atoms with Crippen LogP contribution in [0.4, 0.5) is 10.1 Å². The van der Waals surface area contributed by atoms with Crippen molar-refractivity contribution in [2.45, 2.75) is 25.9 Å². The van der Waals surface area contributed by atoms with Crippen LogP contribution in [-0.4, -0.2) is 18.1 Å². The molecule has 2 N–H and O–H groups in total. The first-order valence-corrected chi connectivity index (χ1v) is 6.82. The van der Waals surface area contributed by atoms with E-state index in [-0.39, 0.29) is 6.61 Å². The van der Waals surface area contributed by atoms with Crippen LogP contribution in [0.25, 0.3) is 0 Å². The SMILES string of the molecule is NCC1CCCC1COCc1ccc([N+](=O)[O-])c(F)c1. The summed E-state index contributed by atoms with van der Waals surface area (Å²) in [5.41, 5.74) is 5.80. The summed E-state index contributed by atoms with van der Waals surface area (Å²) in [6, 6.07) is 3.86. The molecule has 1 aliphatic rings. The highest BCUT2D eigenvalue weighted by atomic mass is 19.1. The molecule has 0 heterocycles. The maximum atomic E-state index is 13.4. The molecule has 1 saturated carbocycles. The Kier molecular flexibility index (Phi) is 5.03. The number of nitro benzene ring substituents is 1. The molecule has 6 heteroatoms. The molecule has 0 spiro atoms. The van der Waals surface area contributed by atoms with Gasteiger partial charge in [0.2, 0.25) is 5.82 Å². The molecular weight excluding hydrogens is 263 g/mol. The Labute approximate surface area is 117 Å². The number of benzene rings is 1. The maximum absolute atomic E-state index is 13.4. The number of nitro groups is 1. The Morgan fingerprint density at radius 2 is 2.15 bits per heavy atom. The van der Waals surface area contributed by atoms with Gasteiger partial charge in [0.15, 0.2) is 0 Å². The Bertz CT molecular complexity index is 481. The quantitative estimate of drug-likeness (QED) is 0.642. The van der Waals surface area contributed by atoms with E-state index in [0.717, 1.165) is 18.9 Å². The fourth-order valence-electron chi connectivity index (χ4n) is 2.76. The average molecular weight is 282 g/mol. The third-order valence-corrected chi connectivity index (χ3v) is 3.93. The summed E-state index contributed by atoms with van der Waals surface area (Å²) < 4.78 is 19.0. The number of nitrogens with two attached hydrogens (primary N) is 1. The van der Waals surface area contributed by atoms with Crippen LogP contribution in [0, 0.1) is 27.8 Å². The minimum atomic E-state index is -0.822. The van der Waals surface area contributed by atoms with Crippen LogP contribution in [-0.2, 0) is 11.3 Å². The van der Waals surface area contributed by atoms with E-state index in [4.69, 9.17) is 10.5 Å². The van der Waals surface area contributed by atoms with Crippen molar-refractivity contribution in [1.82, 2.24) is 0 Å².